The topological polar surface area (TPSA) is 26.0 Å². The van der Waals surface area contributed by atoms with Crippen molar-refractivity contribution in [2.24, 2.45) is 28.4 Å². The van der Waals surface area contributed by atoms with E-state index in [1.54, 1.807) is 0 Å². The third kappa shape index (κ3) is 0.816. The van der Waals surface area contributed by atoms with Crippen LogP contribution in [0.3, 0.4) is 0 Å². The first kappa shape index (κ1) is 9.21. The Balaban J connectivity index is 2.03. The number of hydrogen-bond donors (Lipinski definition) is 1. The fraction of sp³-hybridized carbons (Fsp3) is 1.00. The van der Waals surface area contributed by atoms with Crippen molar-refractivity contribution in [3.8, 4) is 0 Å². The van der Waals surface area contributed by atoms with Gasteiger partial charge in [0.25, 0.3) is 0 Å². The Labute approximate surface area is 87.4 Å². The third-order valence-electron chi connectivity index (χ3n) is 5.96. The molecule has 1 heteroatoms. The van der Waals surface area contributed by atoms with Crippen LogP contribution in [0, 0.1) is 22.7 Å². The molecule has 1 spiro atoms. The molecule has 14 heavy (non-hydrogen) atoms. The lowest BCUT2D eigenvalue weighted by Crippen LogP contribution is -2.52. The van der Waals surface area contributed by atoms with Crippen LogP contribution in [0.5, 0.6) is 0 Å². The smallest absolute Gasteiger partial charge is 0.0132 e. The highest BCUT2D eigenvalue weighted by Crippen LogP contribution is 2.68. The van der Waals surface area contributed by atoms with Gasteiger partial charge in [-0.3, -0.25) is 0 Å². The number of rotatable bonds is 0. The van der Waals surface area contributed by atoms with Gasteiger partial charge in [0.1, 0.15) is 0 Å². The first-order valence-electron chi connectivity index (χ1n) is 6.33. The second kappa shape index (κ2) is 2.55. The van der Waals surface area contributed by atoms with Gasteiger partial charge < -0.3 is 5.73 Å². The van der Waals surface area contributed by atoms with Crippen molar-refractivity contribution in [2.45, 2.75) is 58.4 Å². The van der Waals surface area contributed by atoms with E-state index in [9.17, 15) is 0 Å². The molecule has 0 aromatic carbocycles. The minimum Gasteiger partial charge on any atom is -0.327 e. The normalized spacial score (nSPS) is 54.6. The molecular formula is C13H23N. The molecular weight excluding hydrogens is 170 g/mol. The SMILES string of the molecule is CC1(C)CCCC12C1CCC(C1)C2N. The van der Waals surface area contributed by atoms with Gasteiger partial charge in [-0.05, 0) is 54.8 Å². The van der Waals surface area contributed by atoms with Crippen molar-refractivity contribution in [3.05, 3.63) is 0 Å². The van der Waals surface area contributed by atoms with Crippen molar-refractivity contribution in [3.63, 3.8) is 0 Å². The van der Waals surface area contributed by atoms with Gasteiger partial charge >= 0.3 is 0 Å². The Bertz CT molecular complexity index is 254. The third-order valence-corrected chi connectivity index (χ3v) is 5.96. The molecule has 3 saturated carbocycles. The van der Waals surface area contributed by atoms with Gasteiger partial charge in [-0.1, -0.05) is 20.3 Å². The molecule has 2 N–H and O–H groups in total. The summed E-state index contributed by atoms with van der Waals surface area (Å²) in [6.07, 6.45) is 8.59. The molecule has 0 saturated heterocycles. The molecule has 0 aromatic heterocycles. The molecule has 0 radical (unpaired) electrons. The Kier molecular flexibility index (Phi) is 1.68. The zero-order chi connectivity index (χ0) is 9.97. The number of hydrogen-bond acceptors (Lipinski definition) is 1. The standard InChI is InChI=1S/C13H23N/c1-12(2)6-3-7-13(12)10-5-4-9(8-10)11(13)14/h9-11H,3-8,14H2,1-2H3. The van der Waals surface area contributed by atoms with E-state index in [4.69, 9.17) is 5.73 Å². The van der Waals surface area contributed by atoms with Crippen molar-refractivity contribution in [1.29, 1.82) is 0 Å². The van der Waals surface area contributed by atoms with Crippen molar-refractivity contribution in [2.75, 3.05) is 0 Å². The fourth-order valence-corrected chi connectivity index (χ4v) is 5.27. The van der Waals surface area contributed by atoms with Crippen LogP contribution in [0.1, 0.15) is 52.4 Å². The van der Waals surface area contributed by atoms with E-state index < -0.39 is 0 Å². The Morgan fingerprint density at radius 3 is 2.43 bits per heavy atom. The van der Waals surface area contributed by atoms with Gasteiger partial charge in [0, 0.05) is 6.04 Å². The predicted octanol–water partition coefficient (Wildman–Crippen LogP) is 2.94. The fourth-order valence-electron chi connectivity index (χ4n) is 5.27. The molecule has 4 unspecified atom stereocenters. The summed E-state index contributed by atoms with van der Waals surface area (Å²) >= 11 is 0. The average Bonchev–Trinajstić information content (AvgIpc) is 2.72. The first-order valence-corrected chi connectivity index (χ1v) is 6.33. The van der Waals surface area contributed by atoms with Crippen LogP contribution < -0.4 is 5.73 Å². The quantitative estimate of drug-likeness (QED) is 0.629. The maximum atomic E-state index is 6.54. The van der Waals surface area contributed by atoms with Gasteiger partial charge in [-0.2, -0.15) is 0 Å². The van der Waals surface area contributed by atoms with Crippen molar-refractivity contribution in [1.82, 2.24) is 0 Å². The van der Waals surface area contributed by atoms with Gasteiger partial charge in [0.2, 0.25) is 0 Å². The maximum Gasteiger partial charge on any atom is 0.0132 e. The van der Waals surface area contributed by atoms with Gasteiger partial charge in [0.15, 0.2) is 0 Å². The van der Waals surface area contributed by atoms with Crippen LogP contribution in [-0.4, -0.2) is 6.04 Å². The minimum atomic E-state index is 0.520. The van der Waals surface area contributed by atoms with Gasteiger partial charge in [0.05, 0.1) is 0 Å². The molecule has 1 nitrogen and oxygen atoms in total. The summed E-state index contributed by atoms with van der Waals surface area (Å²) < 4.78 is 0. The summed E-state index contributed by atoms with van der Waals surface area (Å²) in [6.45, 7) is 4.95. The molecule has 0 heterocycles. The van der Waals surface area contributed by atoms with Crippen LogP contribution in [0.15, 0.2) is 0 Å². The summed E-state index contributed by atoms with van der Waals surface area (Å²) in [4.78, 5) is 0. The maximum absolute atomic E-state index is 6.54. The summed E-state index contributed by atoms with van der Waals surface area (Å²) in [7, 11) is 0. The highest BCUT2D eigenvalue weighted by molar-refractivity contribution is 5.15. The monoisotopic (exact) mass is 193 g/mol. The molecule has 3 aliphatic rings. The predicted molar refractivity (Wildman–Crippen MR) is 58.9 cm³/mol. The number of nitrogens with two attached hydrogens (primary N) is 1. The van der Waals surface area contributed by atoms with E-state index in [1.807, 2.05) is 0 Å². The van der Waals surface area contributed by atoms with E-state index >= 15 is 0 Å². The largest absolute Gasteiger partial charge is 0.327 e. The Morgan fingerprint density at radius 1 is 1.14 bits per heavy atom. The highest BCUT2D eigenvalue weighted by atomic mass is 14.8. The summed E-state index contributed by atoms with van der Waals surface area (Å²) in [5.41, 5.74) is 7.59. The molecule has 4 atom stereocenters. The molecule has 0 aromatic rings. The van der Waals surface area contributed by atoms with Crippen LogP contribution in [0.2, 0.25) is 0 Å². The second-order valence-electron chi connectivity index (χ2n) is 6.57. The van der Waals surface area contributed by atoms with Gasteiger partial charge in [-0.15, -0.1) is 0 Å². The lowest BCUT2D eigenvalue weighted by atomic mass is 9.57. The van der Waals surface area contributed by atoms with E-state index in [1.165, 1.54) is 38.5 Å². The lowest BCUT2D eigenvalue weighted by Gasteiger charge is -2.49. The molecule has 3 fully saturated rings. The van der Waals surface area contributed by atoms with E-state index in [0.717, 1.165) is 11.8 Å². The van der Waals surface area contributed by atoms with Crippen LogP contribution >= 0.6 is 0 Å². The molecule has 3 rings (SSSR count). The molecule has 80 valence electrons. The van der Waals surface area contributed by atoms with E-state index in [-0.39, 0.29) is 0 Å². The van der Waals surface area contributed by atoms with Crippen LogP contribution in [0.25, 0.3) is 0 Å². The minimum absolute atomic E-state index is 0.520. The second-order valence-corrected chi connectivity index (χ2v) is 6.57. The highest BCUT2D eigenvalue weighted by Gasteiger charge is 2.64. The molecule has 2 bridgehead atoms. The van der Waals surface area contributed by atoms with E-state index in [2.05, 4.69) is 13.8 Å². The lowest BCUT2D eigenvalue weighted by molar-refractivity contribution is 0.0197. The Hall–Kier alpha value is -0.0400. The molecule has 0 aliphatic heterocycles. The van der Waals surface area contributed by atoms with Crippen LogP contribution in [-0.2, 0) is 0 Å². The number of fused-ring (bicyclic) bond motifs is 3. The summed E-state index contributed by atoms with van der Waals surface area (Å²) in [5.74, 6) is 1.84. The van der Waals surface area contributed by atoms with Crippen molar-refractivity contribution < 1.29 is 0 Å². The van der Waals surface area contributed by atoms with Crippen molar-refractivity contribution >= 4 is 0 Å². The molecule has 3 aliphatic carbocycles. The Morgan fingerprint density at radius 2 is 1.93 bits per heavy atom. The zero-order valence-electron chi connectivity index (χ0n) is 9.55. The summed E-state index contributed by atoms with van der Waals surface area (Å²) in [5, 5.41) is 0. The zero-order valence-corrected chi connectivity index (χ0v) is 9.55. The van der Waals surface area contributed by atoms with Crippen LogP contribution in [0.4, 0.5) is 0 Å². The van der Waals surface area contributed by atoms with Gasteiger partial charge in [-0.25, -0.2) is 0 Å². The van der Waals surface area contributed by atoms with E-state index in [0.29, 0.717) is 16.9 Å². The molecule has 0 amide bonds. The first-order chi connectivity index (χ1) is 6.58. The average molecular weight is 193 g/mol. The summed E-state index contributed by atoms with van der Waals surface area (Å²) in [6, 6.07) is 0.527.